The lowest BCUT2D eigenvalue weighted by Gasteiger charge is -2.33. The Balaban J connectivity index is 1.84. The number of rotatable bonds is 3. The fourth-order valence-corrected chi connectivity index (χ4v) is 2.56. The van der Waals surface area contributed by atoms with Crippen LogP contribution in [0, 0.1) is 5.82 Å². The average molecular weight is 312 g/mol. The number of nitrogens with zero attached hydrogens (tertiary/aromatic N) is 1. The predicted octanol–water partition coefficient (Wildman–Crippen LogP) is -0.967. The number of aliphatic hydroxyl groups excluding tert-OH is 1. The van der Waals surface area contributed by atoms with Crippen LogP contribution in [-0.2, 0) is 0 Å². The van der Waals surface area contributed by atoms with Gasteiger partial charge in [0.15, 0.2) is 5.11 Å². The number of hydrogen-bond acceptors (Lipinski definition) is 3. The van der Waals surface area contributed by atoms with Gasteiger partial charge in [-0.1, -0.05) is 0 Å². The minimum atomic E-state index is -0.378. The third kappa shape index (κ3) is 4.45. The molecule has 0 radical (unpaired) electrons. The second-order valence-electron chi connectivity index (χ2n) is 4.98. The number of quaternary nitrogens is 1. The van der Waals surface area contributed by atoms with E-state index in [1.807, 2.05) is 4.90 Å². The maximum absolute atomic E-state index is 12.8. The van der Waals surface area contributed by atoms with Crippen LogP contribution in [0.3, 0.4) is 0 Å². The van der Waals surface area contributed by atoms with Crippen LogP contribution in [0.2, 0.25) is 0 Å². The Labute approximate surface area is 128 Å². The van der Waals surface area contributed by atoms with Crippen LogP contribution < -0.4 is 10.2 Å². The van der Waals surface area contributed by atoms with E-state index in [1.54, 1.807) is 0 Å². The summed E-state index contributed by atoms with van der Waals surface area (Å²) in [7, 11) is 0. The molecule has 0 bridgehead atoms. The van der Waals surface area contributed by atoms with E-state index in [2.05, 4.69) is 5.32 Å². The van der Waals surface area contributed by atoms with E-state index in [1.165, 1.54) is 29.2 Å². The quantitative estimate of drug-likeness (QED) is 0.629. The Bertz CT molecular complexity index is 501. The lowest BCUT2D eigenvalue weighted by molar-refractivity contribution is -0.904. The summed E-state index contributed by atoms with van der Waals surface area (Å²) in [5.74, 6) is -0.706. The molecule has 1 aliphatic heterocycles. The van der Waals surface area contributed by atoms with Gasteiger partial charge < -0.3 is 14.9 Å². The molecule has 21 heavy (non-hydrogen) atoms. The summed E-state index contributed by atoms with van der Waals surface area (Å²) in [5.41, 5.74) is 0.378. The first kappa shape index (κ1) is 15.8. The lowest BCUT2D eigenvalue weighted by Crippen LogP contribution is -3.15. The van der Waals surface area contributed by atoms with Gasteiger partial charge in [-0.05, 0) is 36.5 Å². The van der Waals surface area contributed by atoms with E-state index in [4.69, 9.17) is 17.3 Å². The molecule has 2 rings (SSSR count). The van der Waals surface area contributed by atoms with E-state index in [-0.39, 0.29) is 18.3 Å². The van der Waals surface area contributed by atoms with Gasteiger partial charge in [0.2, 0.25) is 0 Å². The second-order valence-corrected chi connectivity index (χ2v) is 5.36. The Morgan fingerprint density at radius 3 is 2.52 bits per heavy atom. The van der Waals surface area contributed by atoms with Crippen LogP contribution in [0.5, 0.6) is 0 Å². The molecule has 1 aliphatic rings. The predicted molar refractivity (Wildman–Crippen MR) is 80.7 cm³/mol. The average Bonchev–Trinajstić information content (AvgIpc) is 2.49. The molecular weight excluding hydrogens is 293 g/mol. The molecule has 7 heteroatoms. The molecule has 1 amide bonds. The molecule has 0 spiro atoms. The number of aliphatic hydroxyl groups is 1. The summed E-state index contributed by atoms with van der Waals surface area (Å²) in [6, 6.07) is 5.34. The highest BCUT2D eigenvalue weighted by Crippen LogP contribution is 2.03. The van der Waals surface area contributed by atoms with E-state index >= 15 is 0 Å². The maximum atomic E-state index is 12.8. The zero-order chi connectivity index (χ0) is 15.2. The molecule has 1 aromatic carbocycles. The number of benzene rings is 1. The molecule has 1 heterocycles. The highest BCUT2D eigenvalue weighted by Gasteiger charge is 2.22. The lowest BCUT2D eigenvalue weighted by atomic mass is 10.2. The Kier molecular flexibility index (Phi) is 5.60. The van der Waals surface area contributed by atoms with Crippen LogP contribution in [0.1, 0.15) is 10.4 Å². The zero-order valence-electron chi connectivity index (χ0n) is 11.6. The number of carbonyl (C=O) groups is 1. The summed E-state index contributed by atoms with van der Waals surface area (Å²) < 4.78 is 12.8. The van der Waals surface area contributed by atoms with Crippen molar-refractivity contribution in [3.05, 3.63) is 35.6 Å². The van der Waals surface area contributed by atoms with Crippen molar-refractivity contribution < 1.29 is 19.2 Å². The minimum Gasteiger partial charge on any atom is -0.391 e. The SMILES string of the molecule is O=C(NC(=S)N1CC[NH+](CCO)CC1)c1ccc(F)cc1. The molecule has 0 saturated carbocycles. The van der Waals surface area contributed by atoms with Crippen LogP contribution >= 0.6 is 12.2 Å². The molecule has 114 valence electrons. The molecule has 0 aliphatic carbocycles. The molecule has 1 saturated heterocycles. The molecule has 5 nitrogen and oxygen atoms in total. The van der Waals surface area contributed by atoms with E-state index < -0.39 is 0 Å². The maximum Gasteiger partial charge on any atom is 0.257 e. The first-order valence-electron chi connectivity index (χ1n) is 6.90. The highest BCUT2D eigenvalue weighted by molar-refractivity contribution is 7.80. The number of amides is 1. The van der Waals surface area contributed by atoms with E-state index in [9.17, 15) is 9.18 Å². The zero-order valence-corrected chi connectivity index (χ0v) is 12.5. The molecular formula is C14H19FN3O2S+. The van der Waals surface area contributed by atoms with E-state index in [0.717, 1.165) is 32.7 Å². The van der Waals surface area contributed by atoms with Crippen molar-refractivity contribution in [2.24, 2.45) is 0 Å². The number of hydrogen-bond donors (Lipinski definition) is 3. The Morgan fingerprint density at radius 2 is 1.95 bits per heavy atom. The van der Waals surface area contributed by atoms with Crippen LogP contribution in [0.4, 0.5) is 4.39 Å². The van der Waals surface area contributed by atoms with E-state index in [0.29, 0.717) is 10.7 Å². The summed E-state index contributed by atoms with van der Waals surface area (Å²) in [5, 5.41) is 12.0. The third-order valence-corrected chi connectivity index (χ3v) is 3.91. The van der Waals surface area contributed by atoms with Gasteiger partial charge in [-0.2, -0.15) is 0 Å². The Morgan fingerprint density at radius 1 is 1.33 bits per heavy atom. The van der Waals surface area contributed by atoms with Gasteiger partial charge in [0.25, 0.3) is 5.91 Å². The topological polar surface area (TPSA) is 57.0 Å². The van der Waals surface area contributed by atoms with Gasteiger partial charge in [0, 0.05) is 5.56 Å². The molecule has 1 fully saturated rings. The molecule has 0 atom stereocenters. The van der Waals surface area contributed by atoms with Crippen LogP contribution in [0.15, 0.2) is 24.3 Å². The van der Waals surface area contributed by atoms with Crippen molar-refractivity contribution in [2.75, 3.05) is 39.3 Å². The number of carbonyl (C=O) groups excluding carboxylic acids is 1. The van der Waals surface area contributed by atoms with Crippen molar-refractivity contribution in [1.29, 1.82) is 0 Å². The van der Waals surface area contributed by atoms with Crippen molar-refractivity contribution >= 4 is 23.2 Å². The van der Waals surface area contributed by atoms with Crippen molar-refractivity contribution in [3.8, 4) is 0 Å². The third-order valence-electron chi connectivity index (χ3n) is 3.55. The van der Waals surface area contributed by atoms with Crippen molar-refractivity contribution in [3.63, 3.8) is 0 Å². The monoisotopic (exact) mass is 312 g/mol. The summed E-state index contributed by atoms with van der Waals surface area (Å²) in [4.78, 5) is 15.3. The standard InChI is InChI=1S/C14H18FN3O2S/c15-12-3-1-11(2-4-12)13(20)16-14(21)18-7-5-17(6-8-18)9-10-19/h1-4,19H,5-10H2,(H,16,20,21)/p+1. The number of halogens is 1. The Hall–Kier alpha value is -1.57. The van der Waals surface area contributed by atoms with Crippen LogP contribution in [-0.4, -0.2) is 60.4 Å². The van der Waals surface area contributed by atoms with Gasteiger partial charge >= 0.3 is 0 Å². The second kappa shape index (κ2) is 7.44. The molecule has 1 aromatic rings. The van der Waals surface area contributed by atoms with Gasteiger partial charge in [-0.3, -0.25) is 10.1 Å². The molecule has 3 N–H and O–H groups in total. The minimum absolute atomic E-state index is 0.182. The normalized spacial score (nSPS) is 15.8. The number of thiocarbonyl (C=S) groups is 1. The number of piperazine rings is 1. The largest absolute Gasteiger partial charge is 0.391 e. The summed E-state index contributed by atoms with van der Waals surface area (Å²) in [6.45, 7) is 4.18. The summed E-state index contributed by atoms with van der Waals surface area (Å²) in [6.07, 6.45) is 0. The van der Waals surface area contributed by atoms with Crippen LogP contribution in [0.25, 0.3) is 0 Å². The summed E-state index contributed by atoms with van der Waals surface area (Å²) >= 11 is 5.24. The molecule has 0 aromatic heterocycles. The van der Waals surface area contributed by atoms with Gasteiger partial charge in [-0.25, -0.2) is 4.39 Å². The first-order chi connectivity index (χ1) is 10.1. The van der Waals surface area contributed by atoms with Gasteiger partial charge in [0.05, 0.1) is 32.8 Å². The fraction of sp³-hybridized carbons (Fsp3) is 0.429. The van der Waals surface area contributed by atoms with Crippen molar-refractivity contribution in [2.45, 2.75) is 0 Å². The number of nitrogens with one attached hydrogen (secondary N) is 2. The molecule has 0 unspecified atom stereocenters. The fourth-order valence-electron chi connectivity index (χ4n) is 2.28. The smallest absolute Gasteiger partial charge is 0.257 e. The van der Waals surface area contributed by atoms with Crippen molar-refractivity contribution in [1.82, 2.24) is 10.2 Å². The van der Waals surface area contributed by atoms with Gasteiger partial charge in [0.1, 0.15) is 12.4 Å². The first-order valence-corrected chi connectivity index (χ1v) is 7.31. The highest BCUT2D eigenvalue weighted by atomic mass is 32.1. The van der Waals surface area contributed by atoms with Gasteiger partial charge in [-0.15, -0.1) is 0 Å².